The molecule has 0 radical (unpaired) electrons. The zero-order valence-corrected chi connectivity index (χ0v) is 17.1. The van der Waals surface area contributed by atoms with E-state index in [1.165, 1.54) is 91.8 Å². The molecule has 1 saturated heterocycles. The smallest absolute Gasteiger partial charge is 0.0180 e. The molecular formula is C21H43P. The first-order valence-corrected chi connectivity index (χ1v) is 11.8. The van der Waals surface area contributed by atoms with Gasteiger partial charge in [-0.3, -0.25) is 0 Å². The lowest BCUT2D eigenvalue weighted by Gasteiger charge is -2.43. The second kappa shape index (κ2) is 11.9. The van der Waals surface area contributed by atoms with Crippen LogP contribution in [-0.4, -0.2) is 11.8 Å². The van der Waals surface area contributed by atoms with Crippen LogP contribution in [0.25, 0.3) is 0 Å². The average molecular weight is 327 g/mol. The van der Waals surface area contributed by atoms with Crippen molar-refractivity contribution in [3.63, 3.8) is 0 Å². The van der Waals surface area contributed by atoms with Crippen molar-refractivity contribution < 1.29 is 0 Å². The average Bonchev–Trinajstić information content (AvgIpc) is 2.73. The van der Waals surface area contributed by atoms with Crippen molar-refractivity contribution in [2.75, 3.05) is 6.16 Å². The second-order valence-electron chi connectivity index (χ2n) is 7.78. The zero-order valence-electron chi connectivity index (χ0n) is 16.1. The van der Waals surface area contributed by atoms with Gasteiger partial charge in [-0.15, -0.1) is 8.58 Å². The van der Waals surface area contributed by atoms with Crippen LogP contribution in [0.5, 0.6) is 0 Å². The second-order valence-corrected chi connectivity index (χ2v) is 9.38. The highest BCUT2D eigenvalue weighted by Gasteiger charge is 2.38. The first kappa shape index (κ1) is 20.5. The quantitative estimate of drug-likeness (QED) is 0.431. The van der Waals surface area contributed by atoms with Gasteiger partial charge in [0.1, 0.15) is 0 Å². The van der Waals surface area contributed by atoms with E-state index in [1.807, 2.05) is 13.8 Å². The van der Waals surface area contributed by atoms with E-state index in [1.54, 1.807) is 6.42 Å². The van der Waals surface area contributed by atoms with Gasteiger partial charge in [0, 0.05) is 0 Å². The molecule has 1 aliphatic carbocycles. The summed E-state index contributed by atoms with van der Waals surface area (Å²) in [5.74, 6) is 0.957. The molecule has 1 saturated carbocycles. The van der Waals surface area contributed by atoms with Gasteiger partial charge in [0.15, 0.2) is 0 Å². The third-order valence-electron chi connectivity index (χ3n) is 6.33. The summed E-state index contributed by atoms with van der Waals surface area (Å²) in [6.45, 7) is 9.26. The van der Waals surface area contributed by atoms with Crippen LogP contribution in [-0.2, 0) is 0 Å². The molecule has 1 heterocycles. The van der Waals surface area contributed by atoms with Crippen LogP contribution in [0.3, 0.4) is 0 Å². The fourth-order valence-electron chi connectivity index (χ4n) is 4.53. The fourth-order valence-corrected chi connectivity index (χ4v) is 6.63. The lowest BCUT2D eigenvalue weighted by atomic mass is 9.69. The molecule has 0 aromatic carbocycles. The number of rotatable bonds is 1. The Hall–Kier alpha value is 0.430. The molecule has 0 amide bonds. The first-order chi connectivity index (χ1) is 10.7. The molecule has 2 fully saturated rings. The van der Waals surface area contributed by atoms with Gasteiger partial charge < -0.3 is 0 Å². The standard InChI is InChI=1S/C19H37P.C2H6/c1-17-13-9-5-3-7-11-15-19(17,2)18-14-10-6-4-8-12-16-20-18;1-2/h17-18,20H,3-16H2,1-2H3;1-2H3. The summed E-state index contributed by atoms with van der Waals surface area (Å²) in [5, 5.41) is 0. The Balaban J connectivity index is 0.00000116. The molecule has 2 rings (SSSR count). The molecule has 4 atom stereocenters. The molecule has 22 heavy (non-hydrogen) atoms. The van der Waals surface area contributed by atoms with Gasteiger partial charge in [-0.2, -0.15) is 0 Å². The summed E-state index contributed by atoms with van der Waals surface area (Å²) in [6.07, 6.45) is 21.1. The minimum Gasteiger partial charge on any atom is -0.118 e. The molecule has 0 spiro atoms. The third kappa shape index (κ3) is 6.51. The van der Waals surface area contributed by atoms with E-state index < -0.39 is 0 Å². The van der Waals surface area contributed by atoms with Crippen LogP contribution in [0.15, 0.2) is 0 Å². The molecular weight excluding hydrogens is 283 g/mol. The minimum atomic E-state index is 0.660. The van der Waals surface area contributed by atoms with Gasteiger partial charge in [0.05, 0.1) is 0 Å². The topological polar surface area (TPSA) is 0 Å². The lowest BCUT2D eigenvalue weighted by Crippen LogP contribution is -2.36. The van der Waals surface area contributed by atoms with Crippen LogP contribution in [0.1, 0.15) is 111 Å². The predicted molar refractivity (Wildman–Crippen MR) is 106 cm³/mol. The van der Waals surface area contributed by atoms with Gasteiger partial charge in [0.25, 0.3) is 0 Å². The number of hydrogen-bond donors (Lipinski definition) is 0. The third-order valence-corrected chi connectivity index (χ3v) is 8.42. The molecule has 0 N–H and O–H groups in total. The van der Waals surface area contributed by atoms with Crippen LogP contribution < -0.4 is 0 Å². The van der Waals surface area contributed by atoms with Crippen molar-refractivity contribution in [3.8, 4) is 0 Å². The Morgan fingerprint density at radius 1 is 0.727 bits per heavy atom. The van der Waals surface area contributed by atoms with E-state index in [4.69, 9.17) is 0 Å². The van der Waals surface area contributed by atoms with E-state index in [0.29, 0.717) is 5.41 Å². The number of hydrogen-bond acceptors (Lipinski definition) is 0. The van der Waals surface area contributed by atoms with Crippen LogP contribution in [0, 0.1) is 11.3 Å². The van der Waals surface area contributed by atoms with E-state index in [0.717, 1.165) is 11.6 Å². The predicted octanol–water partition coefficient (Wildman–Crippen LogP) is 7.80. The van der Waals surface area contributed by atoms with Crippen LogP contribution >= 0.6 is 8.58 Å². The summed E-state index contributed by atoms with van der Waals surface area (Å²) in [6, 6.07) is 0. The highest BCUT2D eigenvalue weighted by atomic mass is 31.1. The van der Waals surface area contributed by atoms with Gasteiger partial charge in [-0.1, -0.05) is 91.9 Å². The summed E-state index contributed by atoms with van der Waals surface area (Å²) < 4.78 is 0. The van der Waals surface area contributed by atoms with Gasteiger partial charge in [0.2, 0.25) is 0 Å². The molecule has 2 aliphatic rings. The van der Waals surface area contributed by atoms with Gasteiger partial charge in [-0.25, -0.2) is 0 Å². The van der Waals surface area contributed by atoms with E-state index >= 15 is 0 Å². The highest BCUT2D eigenvalue weighted by molar-refractivity contribution is 7.38. The Morgan fingerprint density at radius 3 is 2.00 bits per heavy atom. The SMILES string of the molecule is CC.CC1CCCCCCCC1(C)C1CCCCCCCP1. The minimum absolute atomic E-state index is 0.660. The normalized spacial score (nSPS) is 36.5. The molecule has 0 aromatic rings. The summed E-state index contributed by atoms with van der Waals surface area (Å²) in [5.41, 5.74) is 1.71. The van der Waals surface area contributed by atoms with E-state index in [9.17, 15) is 0 Å². The Labute approximate surface area is 143 Å². The first-order valence-electron chi connectivity index (χ1n) is 10.5. The lowest BCUT2D eigenvalue weighted by molar-refractivity contribution is 0.157. The summed E-state index contributed by atoms with van der Waals surface area (Å²) in [4.78, 5) is 0. The molecule has 1 aliphatic heterocycles. The summed E-state index contributed by atoms with van der Waals surface area (Å²) in [7, 11) is 1.26. The highest BCUT2D eigenvalue weighted by Crippen LogP contribution is 2.49. The van der Waals surface area contributed by atoms with Crippen LogP contribution in [0.4, 0.5) is 0 Å². The maximum Gasteiger partial charge on any atom is -0.0180 e. The Kier molecular flexibility index (Phi) is 11.1. The van der Waals surface area contributed by atoms with Crippen molar-refractivity contribution in [3.05, 3.63) is 0 Å². The maximum atomic E-state index is 2.68. The van der Waals surface area contributed by atoms with Crippen LogP contribution in [0.2, 0.25) is 0 Å². The molecule has 0 nitrogen and oxygen atoms in total. The van der Waals surface area contributed by atoms with E-state index in [2.05, 4.69) is 13.8 Å². The van der Waals surface area contributed by atoms with Crippen molar-refractivity contribution in [2.45, 2.75) is 117 Å². The maximum absolute atomic E-state index is 2.68. The molecule has 4 unspecified atom stereocenters. The molecule has 0 aromatic heterocycles. The largest absolute Gasteiger partial charge is 0.118 e. The zero-order chi connectivity index (χ0) is 16.3. The monoisotopic (exact) mass is 326 g/mol. The van der Waals surface area contributed by atoms with Crippen molar-refractivity contribution in [2.24, 2.45) is 11.3 Å². The van der Waals surface area contributed by atoms with Crippen molar-refractivity contribution >= 4 is 8.58 Å². The van der Waals surface area contributed by atoms with Crippen molar-refractivity contribution in [1.29, 1.82) is 0 Å². The van der Waals surface area contributed by atoms with Crippen molar-refractivity contribution in [1.82, 2.24) is 0 Å². The molecule has 0 bridgehead atoms. The van der Waals surface area contributed by atoms with E-state index in [-0.39, 0.29) is 0 Å². The van der Waals surface area contributed by atoms with Gasteiger partial charge in [-0.05, 0) is 42.4 Å². The molecule has 1 heteroatoms. The Bertz CT molecular complexity index is 253. The fraction of sp³-hybridized carbons (Fsp3) is 1.00. The Morgan fingerprint density at radius 2 is 1.27 bits per heavy atom. The summed E-state index contributed by atoms with van der Waals surface area (Å²) >= 11 is 0. The van der Waals surface area contributed by atoms with Gasteiger partial charge >= 0.3 is 0 Å². The molecule has 132 valence electrons.